The van der Waals surface area contributed by atoms with Crippen molar-refractivity contribution in [1.82, 2.24) is 0 Å². The van der Waals surface area contributed by atoms with Gasteiger partial charge in [0.25, 0.3) is 0 Å². The Kier molecular flexibility index (Phi) is 4.59. The van der Waals surface area contributed by atoms with Crippen LogP contribution in [0.3, 0.4) is 0 Å². The van der Waals surface area contributed by atoms with Crippen molar-refractivity contribution in [1.29, 1.82) is 0 Å². The Morgan fingerprint density at radius 3 is 2.22 bits per heavy atom. The van der Waals surface area contributed by atoms with E-state index in [0.717, 1.165) is 17.1 Å². The predicted octanol–water partition coefficient (Wildman–Crippen LogP) is 6.33. The molecule has 1 saturated carbocycles. The second kappa shape index (κ2) is 6.82. The van der Waals surface area contributed by atoms with Gasteiger partial charge in [-0.25, -0.2) is 4.99 Å². The highest BCUT2D eigenvalue weighted by atomic mass is 35.5. The lowest BCUT2D eigenvalue weighted by atomic mass is 9.93. The summed E-state index contributed by atoms with van der Waals surface area (Å²) in [5.41, 5.74) is 3.92. The van der Waals surface area contributed by atoms with Crippen LogP contribution in [0, 0.1) is 0 Å². The normalized spacial score (nSPS) is 25.6. The van der Waals surface area contributed by atoms with Crippen molar-refractivity contribution in [3.05, 3.63) is 40.4 Å². The average Bonchev–Trinajstić information content (AvgIpc) is 3.19. The largest absolute Gasteiger partial charge is 0.274 e. The van der Waals surface area contributed by atoms with Gasteiger partial charge >= 0.3 is 0 Å². The quantitative estimate of drug-likeness (QED) is 0.615. The van der Waals surface area contributed by atoms with Crippen molar-refractivity contribution >= 4 is 39.1 Å². The molecule has 0 bridgehead atoms. The van der Waals surface area contributed by atoms with Crippen LogP contribution in [0.4, 0.5) is 5.69 Å². The summed E-state index contributed by atoms with van der Waals surface area (Å²) >= 11 is 7.77. The zero-order valence-corrected chi connectivity index (χ0v) is 14.8. The maximum atomic E-state index is 5.98. The Morgan fingerprint density at radius 1 is 0.870 bits per heavy atom. The van der Waals surface area contributed by atoms with Crippen LogP contribution in [-0.2, 0) is 0 Å². The first-order valence-corrected chi connectivity index (χ1v) is 9.82. The molecule has 4 heteroatoms. The van der Waals surface area contributed by atoms with Crippen LogP contribution in [0.5, 0.6) is 0 Å². The number of benzene rings is 1. The summed E-state index contributed by atoms with van der Waals surface area (Å²) in [4.78, 5) is 9.98. The second-order valence-electron chi connectivity index (χ2n) is 6.53. The van der Waals surface area contributed by atoms with Crippen LogP contribution in [0.2, 0.25) is 5.02 Å². The van der Waals surface area contributed by atoms with E-state index in [1.54, 1.807) is 11.8 Å². The first-order chi connectivity index (χ1) is 11.3. The summed E-state index contributed by atoms with van der Waals surface area (Å²) in [5.74, 6) is 0. The van der Waals surface area contributed by atoms with Crippen LogP contribution >= 0.6 is 23.4 Å². The van der Waals surface area contributed by atoms with Crippen LogP contribution in [0.1, 0.15) is 51.4 Å². The number of hydrogen-bond donors (Lipinski definition) is 0. The Hall–Kier alpha value is -1.06. The fourth-order valence-electron chi connectivity index (χ4n) is 3.62. The fraction of sp³-hybridized carbons (Fsp3) is 0.474. The molecule has 3 aliphatic rings. The van der Waals surface area contributed by atoms with Gasteiger partial charge in [-0.05, 0) is 85.7 Å². The van der Waals surface area contributed by atoms with Gasteiger partial charge in [0, 0.05) is 5.02 Å². The molecular formula is C19H21ClN2S. The molecule has 1 aromatic rings. The Morgan fingerprint density at radius 2 is 1.52 bits per heavy atom. The lowest BCUT2D eigenvalue weighted by Crippen LogP contribution is -2.05. The van der Waals surface area contributed by atoms with Crippen LogP contribution in [-0.4, -0.2) is 16.1 Å². The highest BCUT2D eigenvalue weighted by Crippen LogP contribution is 2.41. The van der Waals surface area contributed by atoms with Gasteiger partial charge in [0.2, 0.25) is 0 Å². The number of nitrogens with zero attached hydrogens (tertiary/aromatic N) is 2. The van der Waals surface area contributed by atoms with Crippen molar-refractivity contribution in [2.75, 3.05) is 0 Å². The number of aliphatic imine (C=N–C) groups is 2. The van der Waals surface area contributed by atoms with Crippen LogP contribution < -0.4 is 0 Å². The van der Waals surface area contributed by atoms with E-state index in [4.69, 9.17) is 21.6 Å². The number of rotatable bonds is 2. The molecule has 0 N–H and O–H groups in total. The first-order valence-electron chi connectivity index (χ1n) is 8.62. The van der Waals surface area contributed by atoms with Crippen LogP contribution in [0.15, 0.2) is 45.4 Å². The number of hydrogen-bond acceptors (Lipinski definition) is 3. The van der Waals surface area contributed by atoms with Gasteiger partial charge in [0.15, 0.2) is 0 Å². The third kappa shape index (κ3) is 3.41. The van der Waals surface area contributed by atoms with Gasteiger partial charge in [-0.3, -0.25) is 4.99 Å². The molecule has 0 amide bonds. The molecule has 0 radical (unpaired) electrons. The van der Waals surface area contributed by atoms with Gasteiger partial charge in [0.1, 0.15) is 10.1 Å². The van der Waals surface area contributed by atoms with E-state index in [2.05, 4.69) is 0 Å². The Bertz CT molecular complexity index is 682. The van der Waals surface area contributed by atoms with E-state index in [0.29, 0.717) is 6.04 Å². The summed E-state index contributed by atoms with van der Waals surface area (Å²) in [5, 5.41) is 3.19. The standard InChI is InChI=1S/C19H21ClN2S/c20-13-9-11-15(12-10-13)22-19-17-8-4-3-7-16(17)18(23-19)21-14-5-1-2-6-14/h9-12,14H,1-8H2. The minimum absolute atomic E-state index is 0.544. The summed E-state index contributed by atoms with van der Waals surface area (Å²) in [6, 6.07) is 8.34. The monoisotopic (exact) mass is 344 g/mol. The Balaban J connectivity index is 1.65. The molecule has 0 atom stereocenters. The van der Waals surface area contributed by atoms with Crippen molar-refractivity contribution in [2.24, 2.45) is 9.98 Å². The summed E-state index contributed by atoms with van der Waals surface area (Å²) in [7, 11) is 0. The minimum atomic E-state index is 0.544. The highest BCUT2D eigenvalue weighted by molar-refractivity contribution is 8.28. The third-order valence-corrected chi connectivity index (χ3v) is 6.19. The molecule has 23 heavy (non-hydrogen) atoms. The van der Waals surface area contributed by atoms with E-state index in [9.17, 15) is 0 Å². The van der Waals surface area contributed by atoms with Gasteiger partial charge in [-0.15, -0.1) is 0 Å². The molecule has 0 unspecified atom stereocenters. The molecule has 2 aliphatic carbocycles. The molecule has 2 nitrogen and oxygen atoms in total. The zero-order valence-electron chi connectivity index (χ0n) is 13.2. The summed E-state index contributed by atoms with van der Waals surface area (Å²) < 4.78 is 0. The van der Waals surface area contributed by atoms with E-state index in [1.165, 1.54) is 66.2 Å². The second-order valence-corrected chi connectivity index (χ2v) is 7.95. The van der Waals surface area contributed by atoms with Crippen LogP contribution in [0.25, 0.3) is 0 Å². The molecule has 0 aromatic heterocycles. The minimum Gasteiger partial charge on any atom is -0.274 e. The molecule has 0 spiro atoms. The van der Waals surface area contributed by atoms with E-state index < -0.39 is 0 Å². The lowest BCUT2D eigenvalue weighted by molar-refractivity contribution is 0.694. The lowest BCUT2D eigenvalue weighted by Gasteiger charge is -2.13. The molecule has 1 aromatic carbocycles. The molecule has 120 valence electrons. The maximum Gasteiger partial charge on any atom is 0.106 e. The van der Waals surface area contributed by atoms with Crippen molar-refractivity contribution in [2.45, 2.75) is 57.4 Å². The number of thioether (sulfide) groups is 1. The predicted molar refractivity (Wildman–Crippen MR) is 101 cm³/mol. The topological polar surface area (TPSA) is 24.7 Å². The molecule has 1 aliphatic heterocycles. The van der Waals surface area contributed by atoms with Gasteiger partial charge in [-0.1, -0.05) is 24.4 Å². The zero-order chi connectivity index (χ0) is 15.6. The number of halogens is 1. The highest BCUT2D eigenvalue weighted by Gasteiger charge is 2.30. The average molecular weight is 345 g/mol. The van der Waals surface area contributed by atoms with Crippen molar-refractivity contribution < 1.29 is 0 Å². The fourth-order valence-corrected chi connectivity index (χ4v) is 4.98. The molecular weight excluding hydrogens is 324 g/mol. The molecule has 1 fully saturated rings. The third-order valence-electron chi connectivity index (χ3n) is 4.86. The van der Waals surface area contributed by atoms with E-state index in [-0.39, 0.29) is 0 Å². The van der Waals surface area contributed by atoms with Crippen molar-refractivity contribution in [3.63, 3.8) is 0 Å². The van der Waals surface area contributed by atoms with Gasteiger partial charge in [-0.2, -0.15) is 0 Å². The summed E-state index contributed by atoms with van der Waals surface area (Å²) in [6.07, 6.45) is 10.1. The first kappa shape index (κ1) is 15.5. The summed E-state index contributed by atoms with van der Waals surface area (Å²) in [6.45, 7) is 0. The molecule has 1 heterocycles. The smallest absolute Gasteiger partial charge is 0.106 e. The van der Waals surface area contributed by atoms with E-state index >= 15 is 0 Å². The van der Waals surface area contributed by atoms with Crippen molar-refractivity contribution in [3.8, 4) is 0 Å². The van der Waals surface area contributed by atoms with E-state index in [1.807, 2.05) is 24.3 Å². The molecule has 4 rings (SSSR count). The van der Waals surface area contributed by atoms with Gasteiger partial charge in [0.05, 0.1) is 11.7 Å². The SMILES string of the molecule is Clc1ccc(N=C2SC(=NC3CCCC3)C3=C2CCCC3)cc1. The van der Waals surface area contributed by atoms with Gasteiger partial charge < -0.3 is 0 Å². The maximum absolute atomic E-state index is 5.98. The molecule has 0 saturated heterocycles. The Labute approximate surface area is 147 Å².